The van der Waals surface area contributed by atoms with Gasteiger partial charge in [-0.3, -0.25) is 0 Å². The molecule has 4 nitrogen and oxygen atoms in total. The van der Waals surface area contributed by atoms with Gasteiger partial charge >= 0.3 is 6.18 Å². The number of rotatable bonds is 7. The summed E-state index contributed by atoms with van der Waals surface area (Å²) in [6.07, 6.45) is -0.416. The van der Waals surface area contributed by atoms with Crippen LogP contribution in [0.3, 0.4) is 0 Å². The highest BCUT2D eigenvalue weighted by Crippen LogP contribution is 2.30. The van der Waals surface area contributed by atoms with Crippen molar-refractivity contribution in [3.8, 4) is 5.88 Å². The maximum atomic E-state index is 12.0. The molecule has 0 aliphatic carbocycles. The second-order valence-electron chi connectivity index (χ2n) is 5.35. The maximum Gasteiger partial charge on any atom is 0.389 e. The van der Waals surface area contributed by atoms with Gasteiger partial charge in [0, 0.05) is 6.42 Å². The van der Waals surface area contributed by atoms with E-state index in [9.17, 15) is 13.2 Å². The van der Waals surface area contributed by atoms with Gasteiger partial charge in [0.1, 0.15) is 5.69 Å². The molecule has 22 heavy (non-hydrogen) atoms. The lowest BCUT2D eigenvalue weighted by molar-refractivity contribution is -0.135. The molecule has 2 rings (SSSR count). The number of alkyl halides is 3. The van der Waals surface area contributed by atoms with E-state index >= 15 is 0 Å². The van der Waals surface area contributed by atoms with Gasteiger partial charge in [-0.05, 0) is 39.2 Å². The lowest BCUT2D eigenvalue weighted by Gasteiger charge is -2.22. The number of unbranched alkanes of at least 4 members (excludes halogenated alkanes) is 2. The fourth-order valence-electron chi connectivity index (χ4n) is 2.36. The number of nitrogens with one attached hydrogen (secondary N) is 1. The summed E-state index contributed by atoms with van der Waals surface area (Å²) in [5, 5.41) is 3.37. The fraction of sp³-hybridized carbons (Fsp3) is 0.714. The van der Waals surface area contributed by atoms with E-state index < -0.39 is 12.6 Å². The van der Waals surface area contributed by atoms with Gasteiger partial charge in [0.2, 0.25) is 0 Å². The molecule has 0 amide bonds. The highest BCUT2D eigenvalue weighted by molar-refractivity contribution is 6.99. The van der Waals surface area contributed by atoms with Crippen LogP contribution >= 0.6 is 11.7 Å². The summed E-state index contributed by atoms with van der Waals surface area (Å²) in [4.78, 5) is 0. The Balaban J connectivity index is 1.76. The average molecular weight is 335 g/mol. The fourth-order valence-corrected chi connectivity index (χ4v) is 2.89. The molecule has 0 fully saturated rings. The molecule has 1 aliphatic rings. The van der Waals surface area contributed by atoms with Crippen LogP contribution in [0.15, 0.2) is 11.6 Å². The van der Waals surface area contributed by atoms with Crippen LogP contribution in [0.25, 0.3) is 0 Å². The van der Waals surface area contributed by atoms with E-state index in [0.29, 0.717) is 25.3 Å². The van der Waals surface area contributed by atoms with Crippen LogP contribution in [0.5, 0.6) is 5.88 Å². The third-order valence-electron chi connectivity index (χ3n) is 3.51. The van der Waals surface area contributed by atoms with Crippen LogP contribution in [0.4, 0.5) is 13.2 Å². The molecule has 1 aliphatic heterocycles. The Bertz CT molecular complexity index is 502. The Hall–Kier alpha value is -1.15. The molecule has 0 radical (unpaired) electrons. The molecule has 2 heterocycles. The number of nitrogens with zero attached hydrogens (tertiary/aromatic N) is 2. The van der Waals surface area contributed by atoms with Gasteiger partial charge in [0.15, 0.2) is 0 Å². The highest BCUT2D eigenvalue weighted by atomic mass is 32.1. The SMILES string of the molecule is CC1=CCCN[C@@H]1c1nsnc1OCCCCCC(F)(F)F. The van der Waals surface area contributed by atoms with Crippen molar-refractivity contribution in [3.63, 3.8) is 0 Å². The molecule has 1 N–H and O–H groups in total. The van der Waals surface area contributed by atoms with Gasteiger partial charge < -0.3 is 10.1 Å². The number of halogens is 3. The predicted octanol–water partition coefficient (Wildman–Crippen LogP) is 4.02. The van der Waals surface area contributed by atoms with Crippen molar-refractivity contribution in [2.24, 2.45) is 0 Å². The molecule has 0 saturated heterocycles. The van der Waals surface area contributed by atoms with E-state index in [-0.39, 0.29) is 12.5 Å². The molecule has 0 spiro atoms. The minimum absolute atomic E-state index is 0.0210. The zero-order chi connectivity index (χ0) is 16.0. The number of hydrogen-bond acceptors (Lipinski definition) is 5. The Kier molecular flexibility index (Phi) is 6.19. The molecular formula is C14H20F3N3OS. The van der Waals surface area contributed by atoms with Crippen molar-refractivity contribution in [2.45, 2.75) is 51.2 Å². The van der Waals surface area contributed by atoms with E-state index in [4.69, 9.17) is 4.74 Å². The van der Waals surface area contributed by atoms with Crippen molar-refractivity contribution in [2.75, 3.05) is 13.2 Å². The van der Waals surface area contributed by atoms with Gasteiger partial charge in [-0.2, -0.15) is 17.5 Å². The van der Waals surface area contributed by atoms with Gasteiger partial charge in [0.05, 0.1) is 24.4 Å². The molecular weight excluding hydrogens is 315 g/mol. The maximum absolute atomic E-state index is 12.0. The highest BCUT2D eigenvalue weighted by Gasteiger charge is 2.26. The van der Waals surface area contributed by atoms with Gasteiger partial charge in [-0.1, -0.05) is 11.6 Å². The minimum Gasteiger partial charge on any atom is -0.476 e. The topological polar surface area (TPSA) is 47.0 Å². The number of hydrogen-bond donors (Lipinski definition) is 1. The van der Waals surface area contributed by atoms with E-state index in [2.05, 4.69) is 20.1 Å². The monoisotopic (exact) mass is 335 g/mol. The summed E-state index contributed by atoms with van der Waals surface area (Å²) in [6.45, 7) is 3.29. The molecule has 1 atom stereocenters. The van der Waals surface area contributed by atoms with Crippen LogP contribution < -0.4 is 10.1 Å². The molecule has 8 heteroatoms. The third kappa shape index (κ3) is 5.24. The molecule has 1 aromatic heterocycles. The zero-order valence-electron chi connectivity index (χ0n) is 12.4. The summed E-state index contributed by atoms with van der Waals surface area (Å²) >= 11 is 1.09. The van der Waals surface area contributed by atoms with Crippen molar-refractivity contribution >= 4 is 11.7 Å². The first-order valence-electron chi connectivity index (χ1n) is 7.39. The molecule has 0 aromatic carbocycles. The first kappa shape index (κ1) is 17.2. The number of ether oxygens (including phenoxy) is 1. The van der Waals surface area contributed by atoms with Crippen molar-refractivity contribution in [1.82, 2.24) is 14.1 Å². The third-order valence-corrected chi connectivity index (χ3v) is 4.04. The lowest BCUT2D eigenvalue weighted by Crippen LogP contribution is -2.27. The summed E-state index contributed by atoms with van der Waals surface area (Å²) < 4.78 is 50.1. The number of aromatic nitrogens is 2. The Morgan fingerprint density at radius 1 is 1.32 bits per heavy atom. The smallest absolute Gasteiger partial charge is 0.389 e. The Morgan fingerprint density at radius 3 is 2.86 bits per heavy atom. The largest absolute Gasteiger partial charge is 0.476 e. The molecule has 0 bridgehead atoms. The summed E-state index contributed by atoms with van der Waals surface area (Å²) in [5.41, 5.74) is 1.96. The van der Waals surface area contributed by atoms with Crippen molar-refractivity contribution in [3.05, 3.63) is 17.3 Å². The molecule has 1 aromatic rings. The first-order valence-corrected chi connectivity index (χ1v) is 8.12. The quantitative estimate of drug-likeness (QED) is 0.604. The standard InChI is InChI=1S/C14H20F3N3OS/c1-10-6-5-8-18-11(10)12-13(20-22-19-12)21-9-4-2-3-7-14(15,16)17/h6,11,18H,2-5,7-9H2,1H3/t11-/m0/s1. The van der Waals surface area contributed by atoms with Gasteiger partial charge in [0.25, 0.3) is 5.88 Å². The van der Waals surface area contributed by atoms with E-state index in [1.807, 2.05) is 6.92 Å². The summed E-state index contributed by atoms with van der Waals surface area (Å²) in [7, 11) is 0. The summed E-state index contributed by atoms with van der Waals surface area (Å²) in [5.74, 6) is 0.493. The van der Waals surface area contributed by atoms with Crippen molar-refractivity contribution < 1.29 is 17.9 Å². The Morgan fingerprint density at radius 2 is 2.14 bits per heavy atom. The second-order valence-corrected chi connectivity index (χ2v) is 5.88. The average Bonchev–Trinajstić information content (AvgIpc) is 2.90. The van der Waals surface area contributed by atoms with Crippen LogP contribution in [-0.4, -0.2) is 28.1 Å². The molecule has 0 unspecified atom stereocenters. The van der Waals surface area contributed by atoms with Crippen molar-refractivity contribution in [1.29, 1.82) is 0 Å². The normalized spacial score (nSPS) is 19.1. The second kappa shape index (κ2) is 7.92. The van der Waals surface area contributed by atoms with E-state index in [1.54, 1.807) is 0 Å². The summed E-state index contributed by atoms with van der Waals surface area (Å²) in [6, 6.07) is 0.0210. The Labute approximate surface area is 132 Å². The van der Waals surface area contributed by atoms with Crippen LogP contribution in [-0.2, 0) is 0 Å². The van der Waals surface area contributed by atoms with Gasteiger partial charge in [-0.25, -0.2) is 0 Å². The van der Waals surface area contributed by atoms with Gasteiger partial charge in [-0.15, -0.1) is 4.37 Å². The minimum atomic E-state index is -4.07. The predicted molar refractivity (Wildman–Crippen MR) is 79.0 cm³/mol. The van der Waals surface area contributed by atoms with E-state index in [0.717, 1.165) is 30.4 Å². The zero-order valence-corrected chi connectivity index (χ0v) is 13.3. The van der Waals surface area contributed by atoms with Crippen LogP contribution in [0, 0.1) is 0 Å². The first-order chi connectivity index (χ1) is 10.5. The lowest BCUT2D eigenvalue weighted by atomic mass is 10.0. The van der Waals surface area contributed by atoms with Crippen LogP contribution in [0.1, 0.15) is 50.8 Å². The van der Waals surface area contributed by atoms with Crippen LogP contribution in [0.2, 0.25) is 0 Å². The molecule has 124 valence electrons. The molecule has 0 saturated carbocycles. The van der Waals surface area contributed by atoms with E-state index in [1.165, 1.54) is 5.57 Å².